The molecule has 0 spiro atoms. The van der Waals surface area contributed by atoms with Crippen molar-refractivity contribution >= 4 is 0 Å². The number of hydrogen-bond acceptors (Lipinski definition) is 2. The van der Waals surface area contributed by atoms with Crippen LogP contribution in [0.1, 0.15) is 18.4 Å². The summed E-state index contributed by atoms with van der Waals surface area (Å²) >= 11 is 0. The van der Waals surface area contributed by atoms with E-state index < -0.39 is 0 Å². The predicted molar refractivity (Wildman–Crippen MR) is 59.6 cm³/mol. The first-order valence-electron chi connectivity index (χ1n) is 5.82. The number of fused-ring (bicyclic) bond motifs is 2. The first kappa shape index (κ1) is 9.37. The molecule has 2 fully saturated rings. The van der Waals surface area contributed by atoms with Crippen molar-refractivity contribution in [2.75, 3.05) is 13.1 Å². The molecule has 0 aliphatic carbocycles. The lowest BCUT2D eigenvalue weighted by Gasteiger charge is -2.32. The Morgan fingerprint density at radius 1 is 1.07 bits per heavy atom. The van der Waals surface area contributed by atoms with E-state index in [0.29, 0.717) is 12.2 Å². The molecule has 0 aromatic heterocycles. The summed E-state index contributed by atoms with van der Waals surface area (Å²) in [4.78, 5) is 2.53. The monoisotopic (exact) mass is 203 g/mol. The molecule has 2 atom stereocenters. The van der Waals surface area contributed by atoms with Gasteiger partial charge in [0.25, 0.3) is 0 Å². The lowest BCUT2D eigenvalue weighted by atomic mass is 10.2. The molecule has 1 aromatic carbocycles. The van der Waals surface area contributed by atoms with Gasteiger partial charge in [-0.05, 0) is 18.4 Å². The smallest absolute Gasteiger partial charge is 0.0707 e. The van der Waals surface area contributed by atoms with E-state index in [1.165, 1.54) is 18.4 Å². The zero-order valence-electron chi connectivity index (χ0n) is 8.93. The summed E-state index contributed by atoms with van der Waals surface area (Å²) in [5, 5.41) is 0. The summed E-state index contributed by atoms with van der Waals surface area (Å²) in [6, 6.07) is 10.7. The van der Waals surface area contributed by atoms with E-state index in [1.807, 2.05) is 0 Å². The molecule has 0 N–H and O–H groups in total. The number of benzene rings is 1. The number of nitrogens with zero attached hydrogens (tertiary/aromatic N) is 1. The maximum absolute atomic E-state index is 5.82. The zero-order valence-corrected chi connectivity index (χ0v) is 8.93. The van der Waals surface area contributed by atoms with Crippen molar-refractivity contribution in [2.45, 2.75) is 31.6 Å². The highest BCUT2D eigenvalue weighted by Crippen LogP contribution is 2.26. The number of likely N-dealkylation sites (tertiary alicyclic amines) is 1. The van der Waals surface area contributed by atoms with Gasteiger partial charge in [-0.2, -0.15) is 0 Å². The summed E-state index contributed by atoms with van der Waals surface area (Å²) in [5.74, 6) is 0. The van der Waals surface area contributed by atoms with E-state index in [1.54, 1.807) is 0 Å². The molecule has 2 heteroatoms. The summed E-state index contributed by atoms with van der Waals surface area (Å²) in [6.07, 6.45) is 3.53. The van der Waals surface area contributed by atoms with Crippen LogP contribution in [0.2, 0.25) is 0 Å². The van der Waals surface area contributed by atoms with Gasteiger partial charge in [0.15, 0.2) is 0 Å². The second-order valence-electron chi connectivity index (χ2n) is 4.64. The van der Waals surface area contributed by atoms with Crippen molar-refractivity contribution in [1.82, 2.24) is 4.90 Å². The molecule has 2 heterocycles. The van der Waals surface area contributed by atoms with Crippen LogP contribution in [0, 0.1) is 0 Å². The topological polar surface area (TPSA) is 12.5 Å². The van der Waals surface area contributed by atoms with Gasteiger partial charge in [0.05, 0.1) is 12.2 Å². The normalized spacial score (nSPS) is 30.7. The third kappa shape index (κ3) is 2.06. The van der Waals surface area contributed by atoms with E-state index in [9.17, 15) is 0 Å². The molecule has 3 rings (SSSR count). The quantitative estimate of drug-likeness (QED) is 0.729. The van der Waals surface area contributed by atoms with Crippen LogP contribution in [0.25, 0.3) is 0 Å². The van der Waals surface area contributed by atoms with Gasteiger partial charge in [-0.1, -0.05) is 30.3 Å². The first-order chi connectivity index (χ1) is 7.40. The summed E-state index contributed by atoms with van der Waals surface area (Å²) in [5.41, 5.74) is 1.42. The van der Waals surface area contributed by atoms with E-state index in [-0.39, 0.29) is 0 Å². The molecule has 2 aliphatic heterocycles. The van der Waals surface area contributed by atoms with Gasteiger partial charge in [-0.15, -0.1) is 0 Å². The van der Waals surface area contributed by atoms with Gasteiger partial charge in [-0.25, -0.2) is 0 Å². The van der Waals surface area contributed by atoms with E-state index in [2.05, 4.69) is 35.2 Å². The molecule has 0 unspecified atom stereocenters. The number of hydrogen-bond donors (Lipinski definition) is 0. The molecule has 2 bridgehead atoms. The molecule has 2 saturated heterocycles. The Labute approximate surface area is 90.8 Å². The molecule has 0 radical (unpaired) electrons. The predicted octanol–water partition coefficient (Wildman–Crippen LogP) is 2.05. The Bertz CT molecular complexity index is 313. The lowest BCUT2D eigenvalue weighted by molar-refractivity contribution is -0.0410. The third-order valence-corrected chi connectivity index (χ3v) is 3.37. The molecule has 15 heavy (non-hydrogen) atoms. The summed E-state index contributed by atoms with van der Waals surface area (Å²) in [6.45, 7) is 3.31. The molecule has 2 nitrogen and oxygen atoms in total. The standard InChI is InChI=1S/C13H17NO/c1-2-4-11(5-3-1)8-14-9-12-6-7-13(10-14)15-12/h1-5,12-13H,6-10H2/t12-,13-/m1/s1. The van der Waals surface area contributed by atoms with E-state index in [4.69, 9.17) is 4.74 Å². The Hall–Kier alpha value is -0.860. The Morgan fingerprint density at radius 3 is 2.40 bits per heavy atom. The highest BCUT2D eigenvalue weighted by Gasteiger charge is 2.33. The zero-order chi connectivity index (χ0) is 10.1. The fourth-order valence-corrected chi connectivity index (χ4v) is 2.67. The average Bonchev–Trinajstić information content (AvgIpc) is 2.60. The van der Waals surface area contributed by atoms with Crippen molar-refractivity contribution in [2.24, 2.45) is 0 Å². The van der Waals surface area contributed by atoms with Crippen LogP contribution in [-0.4, -0.2) is 30.2 Å². The molecular weight excluding hydrogens is 186 g/mol. The van der Waals surface area contributed by atoms with Crippen LogP contribution in [0.5, 0.6) is 0 Å². The molecule has 2 aliphatic rings. The second kappa shape index (κ2) is 3.95. The van der Waals surface area contributed by atoms with Crippen LogP contribution in [0.15, 0.2) is 30.3 Å². The van der Waals surface area contributed by atoms with Crippen LogP contribution in [0.4, 0.5) is 0 Å². The second-order valence-corrected chi connectivity index (χ2v) is 4.64. The highest BCUT2D eigenvalue weighted by atomic mass is 16.5. The number of ether oxygens (including phenoxy) is 1. The van der Waals surface area contributed by atoms with Crippen molar-refractivity contribution in [3.63, 3.8) is 0 Å². The maximum Gasteiger partial charge on any atom is 0.0707 e. The average molecular weight is 203 g/mol. The minimum atomic E-state index is 0.507. The minimum Gasteiger partial charge on any atom is -0.372 e. The van der Waals surface area contributed by atoms with E-state index >= 15 is 0 Å². The van der Waals surface area contributed by atoms with Crippen LogP contribution in [-0.2, 0) is 11.3 Å². The van der Waals surface area contributed by atoms with Gasteiger partial charge in [-0.3, -0.25) is 4.90 Å². The minimum absolute atomic E-state index is 0.507. The largest absolute Gasteiger partial charge is 0.372 e. The lowest BCUT2D eigenvalue weighted by Crippen LogP contribution is -2.41. The molecular formula is C13H17NO. The Balaban J connectivity index is 1.65. The van der Waals surface area contributed by atoms with E-state index in [0.717, 1.165) is 19.6 Å². The summed E-state index contributed by atoms with van der Waals surface area (Å²) < 4.78 is 5.82. The van der Waals surface area contributed by atoms with Gasteiger partial charge >= 0.3 is 0 Å². The SMILES string of the molecule is c1ccc(CN2C[C@H]3CC[C@H](C2)O3)cc1. The van der Waals surface area contributed by atoms with Crippen molar-refractivity contribution in [1.29, 1.82) is 0 Å². The number of rotatable bonds is 2. The molecule has 1 aromatic rings. The van der Waals surface area contributed by atoms with Crippen molar-refractivity contribution in [3.8, 4) is 0 Å². The Morgan fingerprint density at radius 2 is 1.73 bits per heavy atom. The fraction of sp³-hybridized carbons (Fsp3) is 0.538. The van der Waals surface area contributed by atoms with Gasteiger partial charge in [0, 0.05) is 19.6 Å². The van der Waals surface area contributed by atoms with Crippen LogP contribution in [0.3, 0.4) is 0 Å². The fourth-order valence-electron chi connectivity index (χ4n) is 2.67. The number of morpholine rings is 1. The molecule has 80 valence electrons. The van der Waals surface area contributed by atoms with Crippen molar-refractivity contribution in [3.05, 3.63) is 35.9 Å². The van der Waals surface area contributed by atoms with Crippen LogP contribution < -0.4 is 0 Å². The summed E-state index contributed by atoms with van der Waals surface area (Å²) in [7, 11) is 0. The van der Waals surface area contributed by atoms with Gasteiger partial charge in [0.2, 0.25) is 0 Å². The molecule has 0 amide bonds. The Kier molecular flexibility index (Phi) is 2.47. The molecule has 0 saturated carbocycles. The van der Waals surface area contributed by atoms with Crippen molar-refractivity contribution < 1.29 is 4.74 Å². The highest BCUT2D eigenvalue weighted by molar-refractivity contribution is 5.14. The first-order valence-corrected chi connectivity index (χ1v) is 5.82. The van der Waals surface area contributed by atoms with Gasteiger partial charge in [0.1, 0.15) is 0 Å². The maximum atomic E-state index is 5.82. The third-order valence-electron chi connectivity index (χ3n) is 3.37. The van der Waals surface area contributed by atoms with Gasteiger partial charge < -0.3 is 4.74 Å². The van der Waals surface area contributed by atoms with Crippen LogP contribution >= 0.6 is 0 Å².